The Morgan fingerprint density at radius 3 is 2.40 bits per heavy atom. The Hall–Kier alpha value is -2.08. The molecule has 0 nitrogen and oxygen atoms in total. The summed E-state index contributed by atoms with van der Waals surface area (Å²) in [4.78, 5) is 0. The van der Waals surface area contributed by atoms with E-state index in [-0.39, 0.29) is 0 Å². The molecule has 0 bridgehead atoms. The van der Waals surface area contributed by atoms with Gasteiger partial charge in [-0.3, -0.25) is 0 Å². The van der Waals surface area contributed by atoms with Crippen molar-refractivity contribution < 1.29 is 0 Å². The molecule has 2 aromatic carbocycles. The van der Waals surface area contributed by atoms with E-state index in [1.807, 2.05) is 6.08 Å². The summed E-state index contributed by atoms with van der Waals surface area (Å²) in [7, 11) is 0. The van der Waals surface area contributed by atoms with Crippen molar-refractivity contribution in [2.24, 2.45) is 0 Å². The molecule has 0 radical (unpaired) electrons. The first kappa shape index (κ1) is 12.9. The Bertz CT molecular complexity index is 755. The lowest BCUT2D eigenvalue weighted by atomic mass is 9.93. The van der Waals surface area contributed by atoms with Gasteiger partial charge in [-0.15, -0.1) is 0 Å². The first-order valence-corrected chi connectivity index (χ1v) is 7.24. The molecule has 0 aliphatic heterocycles. The van der Waals surface area contributed by atoms with Gasteiger partial charge >= 0.3 is 0 Å². The van der Waals surface area contributed by atoms with Crippen molar-refractivity contribution in [2.75, 3.05) is 0 Å². The van der Waals surface area contributed by atoms with Crippen LogP contribution in [-0.4, -0.2) is 0 Å². The van der Waals surface area contributed by atoms with Crippen molar-refractivity contribution in [3.63, 3.8) is 0 Å². The molecule has 0 saturated heterocycles. The maximum absolute atomic E-state index is 3.86. The summed E-state index contributed by atoms with van der Waals surface area (Å²) < 4.78 is 0. The van der Waals surface area contributed by atoms with E-state index >= 15 is 0 Å². The van der Waals surface area contributed by atoms with Crippen LogP contribution in [0.25, 0.3) is 21.9 Å². The Kier molecular flexibility index (Phi) is 3.10. The maximum Gasteiger partial charge on any atom is -0.00236 e. The van der Waals surface area contributed by atoms with Gasteiger partial charge in [0.2, 0.25) is 0 Å². The molecule has 0 aromatic heterocycles. The molecule has 0 heterocycles. The third kappa shape index (κ3) is 1.68. The van der Waals surface area contributed by atoms with E-state index in [4.69, 9.17) is 0 Å². The first-order chi connectivity index (χ1) is 9.69. The Labute approximate surface area is 121 Å². The smallest absolute Gasteiger partial charge is 0.00236 e. The largest absolute Gasteiger partial charge is 0.0990 e. The average molecular weight is 260 g/mol. The lowest BCUT2D eigenvalue weighted by molar-refractivity contribution is 0.876. The molecule has 0 fully saturated rings. The van der Waals surface area contributed by atoms with Gasteiger partial charge in [-0.1, -0.05) is 69.0 Å². The monoisotopic (exact) mass is 260 g/mol. The molecule has 20 heavy (non-hydrogen) atoms. The molecule has 2 aromatic rings. The second-order valence-corrected chi connectivity index (χ2v) is 5.60. The minimum absolute atomic E-state index is 0.542. The van der Waals surface area contributed by atoms with Crippen molar-refractivity contribution in [2.45, 2.75) is 26.7 Å². The van der Waals surface area contributed by atoms with E-state index in [9.17, 15) is 0 Å². The highest BCUT2D eigenvalue weighted by Crippen LogP contribution is 2.47. The van der Waals surface area contributed by atoms with Gasteiger partial charge in [0.05, 0.1) is 0 Å². The minimum atomic E-state index is 0.542. The zero-order valence-electron chi connectivity index (χ0n) is 12.4. The molecule has 0 atom stereocenters. The normalized spacial score (nSPS) is 17.6. The molecule has 1 aliphatic carbocycles. The van der Waals surface area contributed by atoms with Crippen LogP contribution in [-0.2, 0) is 0 Å². The van der Waals surface area contributed by atoms with Gasteiger partial charge in [0.25, 0.3) is 0 Å². The highest BCUT2D eigenvalue weighted by molar-refractivity contribution is 6.22. The fraction of sp³-hybridized carbons (Fsp3) is 0.200. The van der Waals surface area contributed by atoms with Crippen LogP contribution >= 0.6 is 0 Å². The molecule has 0 heteroatoms. The van der Waals surface area contributed by atoms with Crippen LogP contribution in [0.1, 0.15) is 43.4 Å². The number of rotatable bonds is 2. The molecule has 0 N–H and O–H groups in total. The summed E-state index contributed by atoms with van der Waals surface area (Å²) in [5, 5.41) is 2.79. The lowest BCUT2D eigenvalue weighted by Gasteiger charge is -2.11. The second kappa shape index (κ2) is 4.79. The average Bonchev–Trinajstić information content (AvgIpc) is 2.75. The predicted molar refractivity (Wildman–Crippen MR) is 89.9 cm³/mol. The van der Waals surface area contributed by atoms with Crippen LogP contribution in [0.3, 0.4) is 0 Å². The summed E-state index contributed by atoms with van der Waals surface area (Å²) in [6.07, 6.45) is 6.21. The first-order valence-electron chi connectivity index (χ1n) is 7.24. The summed E-state index contributed by atoms with van der Waals surface area (Å²) in [6, 6.07) is 11.2. The molecule has 0 spiro atoms. The number of hydrogen-bond acceptors (Lipinski definition) is 0. The van der Waals surface area contributed by atoms with E-state index in [0.29, 0.717) is 5.92 Å². The minimum Gasteiger partial charge on any atom is -0.0990 e. The Morgan fingerprint density at radius 2 is 1.75 bits per heavy atom. The summed E-state index contributed by atoms with van der Waals surface area (Å²) >= 11 is 0. The standard InChI is InChI=1S/C20H20/c1-5-8-16-14(6-2)19-12-11-15(13(3)4)17-9-7-10-18(16)20(17)19/h5-13H,1H2,2-4H3/b14-6+,16-8+. The van der Waals surface area contributed by atoms with E-state index < -0.39 is 0 Å². The van der Waals surface area contributed by atoms with Gasteiger partial charge in [0, 0.05) is 0 Å². The molecular weight excluding hydrogens is 240 g/mol. The van der Waals surface area contributed by atoms with Crippen molar-refractivity contribution in [3.05, 3.63) is 71.8 Å². The molecule has 1 aliphatic rings. The van der Waals surface area contributed by atoms with Crippen LogP contribution in [0.15, 0.2) is 55.1 Å². The van der Waals surface area contributed by atoms with E-state index in [1.54, 1.807) is 0 Å². The van der Waals surface area contributed by atoms with Gasteiger partial charge in [0.15, 0.2) is 0 Å². The zero-order chi connectivity index (χ0) is 14.3. The zero-order valence-corrected chi connectivity index (χ0v) is 12.4. The van der Waals surface area contributed by atoms with Crippen LogP contribution in [0.5, 0.6) is 0 Å². The van der Waals surface area contributed by atoms with Gasteiger partial charge in [0.1, 0.15) is 0 Å². The Balaban J connectivity index is 2.46. The van der Waals surface area contributed by atoms with E-state index in [1.165, 1.54) is 38.6 Å². The second-order valence-electron chi connectivity index (χ2n) is 5.60. The topological polar surface area (TPSA) is 0 Å². The third-order valence-corrected chi connectivity index (χ3v) is 4.14. The van der Waals surface area contributed by atoms with Crippen LogP contribution in [0.2, 0.25) is 0 Å². The van der Waals surface area contributed by atoms with Crippen LogP contribution < -0.4 is 0 Å². The lowest BCUT2D eigenvalue weighted by Crippen LogP contribution is -1.90. The maximum atomic E-state index is 3.86. The van der Waals surface area contributed by atoms with Crippen molar-refractivity contribution >= 4 is 21.9 Å². The van der Waals surface area contributed by atoms with Crippen LogP contribution in [0, 0.1) is 0 Å². The highest BCUT2D eigenvalue weighted by Gasteiger charge is 2.24. The summed E-state index contributed by atoms with van der Waals surface area (Å²) in [5.41, 5.74) is 6.75. The van der Waals surface area contributed by atoms with Gasteiger partial charge in [-0.05, 0) is 51.5 Å². The number of hydrogen-bond donors (Lipinski definition) is 0. The third-order valence-electron chi connectivity index (χ3n) is 4.14. The van der Waals surface area contributed by atoms with Gasteiger partial charge < -0.3 is 0 Å². The number of benzene rings is 2. The van der Waals surface area contributed by atoms with E-state index in [2.05, 4.69) is 69.8 Å². The molecule has 0 amide bonds. The van der Waals surface area contributed by atoms with Crippen LogP contribution in [0.4, 0.5) is 0 Å². The molecule has 100 valence electrons. The summed E-state index contributed by atoms with van der Waals surface area (Å²) in [5.74, 6) is 0.542. The fourth-order valence-electron chi connectivity index (χ4n) is 3.28. The highest BCUT2D eigenvalue weighted by atomic mass is 14.3. The van der Waals surface area contributed by atoms with Crippen molar-refractivity contribution in [1.82, 2.24) is 0 Å². The van der Waals surface area contributed by atoms with Crippen molar-refractivity contribution in [1.29, 1.82) is 0 Å². The molecule has 3 rings (SSSR count). The SMILES string of the molecule is C=C/C=C1\C(=C/C)c2ccc(C(C)C)c3cccc1c23. The predicted octanol–water partition coefficient (Wildman–Crippen LogP) is 5.95. The molecular formula is C20H20. The number of allylic oxidation sites excluding steroid dienone is 5. The van der Waals surface area contributed by atoms with Crippen molar-refractivity contribution in [3.8, 4) is 0 Å². The quantitative estimate of drug-likeness (QED) is 0.626. The Morgan fingerprint density at radius 1 is 1.00 bits per heavy atom. The van der Waals surface area contributed by atoms with E-state index in [0.717, 1.165) is 0 Å². The summed E-state index contributed by atoms with van der Waals surface area (Å²) in [6.45, 7) is 10.5. The molecule has 0 saturated carbocycles. The van der Waals surface area contributed by atoms with Gasteiger partial charge in [-0.25, -0.2) is 0 Å². The fourth-order valence-corrected chi connectivity index (χ4v) is 3.28. The molecule has 0 unspecified atom stereocenters. The van der Waals surface area contributed by atoms with Gasteiger partial charge in [-0.2, -0.15) is 0 Å².